The average molecular weight is 344 g/mol. The van der Waals surface area contributed by atoms with Crippen molar-refractivity contribution in [3.05, 3.63) is 48.6 Å². The van der Waals surface area contributed by atoms with Crippen LogP contribution in [0.15, 0.2) is 41.4 Å². The number of hydrogen-bond acceptors (Lipinski definition) is 5. The zero-order valence-electron chi connectivity index (χ0n) is 13.9. The summed E-state index contributed by atoms with van der Waals surface area (Å²) in [6.07, 6.45) is 3.54. The van der Waals surface area contributed by atoms with Crippen molar-refractivity contribution in [2.45, 2.75) is 18.8 Å². The minimum atomic E-state index is -0.335. The van der Waals surface area contributed by atoms with E-state index in [2.05, 4.69) is 26.9 Å². The molecule has 0 radical (unpaired) electrons. The number of rotatable bonds is 6. The Balaban J connectivity index is 1.64. The van der Waals surface area contributed by atoms with E-state index in [9.17, 15) is 9.18 Å². The molecule has 6 nitrogen and oxygen atoms in total. The van der Waals surface area contributed by atoms with Crippen LogP contribution in [0.4, 0.5) is 4.39 Å². The molecule has 3 rings (SSSR count). The van der Waals surface area contributed by atoms with E-state index in [-0.39, 0.29) is 17.6 Å². The molecule has 25 heavy (non-hydrogen) atoms. The highest BCUT2D eigenvalue weighted by Gasteiger charge is 2.27. The van der Waals surface area contributed by atoms with E-state index in [0.29, 0.717) is 36.9 Å². The third-order valence-corrected chi connectivity index (χ3v) is 4.19. The van der Waals surface area contributed by atoms with Crippen LogP contribution in [0.1, 0.15) is 24.7 Å². The minimum absolute atomic E-state index is 0.0217. The number of carbonyl (C=O) groups is 1. The van der Waals surface area contributed by atoms with Gasteiger partial charge in [-0.2, -0.15) is 4.98 Å². The lowest BCUT2D eigenvalue weighted by molar-refractivity contribution is -0.122. The van der Waals surface area contributed by atoms with E-state index in [0.717, 1.165) is 19.4 Å². The maximum Gasteiger partial charge on any atom is 0.234 e. The Morgan fingerprint density at radius 2 is 2.40 bits per heavy atom. The number of hydrogen-bond donors (Lipinski definition) is 1. The Bertz CT molecular complexity index is 746. The minimum Gasteiger partial charge on any atom is -0.352 e. The summed E-state index contributed by atoms with van der Waals surface area (Å²) in [5.41, 5.74) is 0.589. The van der Waals surface area contributed by atoms with Crippen molar-refractivity contribution < 1.29 is 13.7 Å². The first-order valence-corrected chi connectivity index (χ1v) is 8.35. The van der Waals surface area contributed by atoms with Crippen molar-refractivity contribution in [3.8, 4) is 11.4 Å². The zero-order valence-corrected chi connectivity index (χ0v) is 13.9. The molecule has 2 aromatic rings. The summed E-state index contributed by atoms with van der Waals surface area (Å²) in [5, 5.41) is 6.75. The fourth-order valence-corrected chi connectivity index (χ4v) is 2.99. The quantitative estimate of drug-likeness (QED) is 0.815. The van der Waals surface area contributed by atoms with Crippen LogP contribution in [0.2, 0.25) is 0 Å². The molecule has 1 saturated heterocycles. The number of halogens is 1. The Hall–Kier alpha value is -2.54. The van der Waals surface area contributed by atoms with Crippen LogP contribution in [0.25, 0.3) is 11.4 Å². The van der Waals surface area contributed by atoms with Gasteiger partial charge in [0.05, 0.1) is 12.5 Å². The molecular weight excluding hydrogens is 323 g/mol. The van der Waals surface area contributed by atoms with Gasteiger partial charge in [-0.1, -0.05) is 23.4 Å². The van der Waals surface area contributed by atoms with E-state index in [1.807, 2.05) is 0 Å². The van der Waals surface area contributed by atoms with Gasteiger partial charge in [-0.15, -0.1) is 6.58 Å². The summed E-state index contributed by atoms with van der Waals surface area (Å²) in [5.74, 6) is 0.645. The number of benzene rings is 1. The second-order valence-electron chi connectivity index (χ2n) is 6.13. The van der Waals surface area contributed by atoms with Gasteiger partial charge in [0.25, 0.3) is 0 Å². The second-order valence-corrected chi connectivity index (χ2v) is 6.13. The number of amides is 1. The van der Waals surface area contributed by atoms with E-state index in [4.69, 9.17) is 4.52 Å². The highest BCUT2D eigenvalue weighted by atomic mass is 19.1. The van der Waals surface area contributed by atoms with E-state index in [1.54, 1.807) is 18.2 Å². The maximum absolute atomic E-state index is 13.3. The van der Waals surface area contributed by atoms with Gasteiger partial charge in [0, 0.05) is 18.7 Å². The van der Waals surface area contributed by atoms with Crippen LogP contribution in [-0.4, -0.2) is 47.1 Å². The van der Waals surface area contributed by atoms with Crippen LogP contribution >= 0.6 is 0 Å². The Morgan fingerprint density at radius 3 is 3.20 bits per heavy atom. The number of piperidine rings is 1. The number of nitrogens with one attached hydrogen (secondary N) is 1. The van der Waals surface area contributed by atoms with Crippen molar-refractivity contribution >= 4 is 5.91 Å². The van der Waals surface area contributed by atoms with Gasteiger partial charge in [0.15, 0.2) is 0 Å². The first kappa shape index (κ1) is 17.3. The molecule has 0 saturated carbocycles. The normalized spacial score (nSPS) is 18.0. The molecule has 2 heterocycles. The summed E-state index contributed by atoms with van der Waals surface area (Å²) in [6.45, 7) is 5.95. The Labute approximate surface area is 145 Å². The molecule has 1 atom stereocenters. The van der Waals surface area contributed by atoms with Crippen LogP contribution in [0, 0.1) is 5.82 Å². The number of aromatic nitrogens is 2. The van der Waals surface area contributed by atoms with E-state index in [1.165, 1.54) is 12.1 Å². The maximum atomic E-state index is 13.3. The zero-order chi connectivity index (χ0) is 17.6. The largest absolute Gasteiger partial charge is 0.352 e. The monoisotopic (exact) mass is 344 g/mol. The third kappa shape index (κ3) is 4.51. The molecule has 1 amide bonds. The van der Waals surface area contributed by atoms with Crippen LogP contribution in [0.5, 0.6) is 0 Å². The van der Waals surface area contributed by atoms with Gasteiger partial charge in [0.1, 0.15) is 5.82 Å². The summed E-state index contributed by atoms with van der Waals surface area (Å²) < 4.78 is 18.7. The number of carbonyl (C=O) groups excluding carboxylic acids is 1. The van der Waals surface area contributed by atoms with Crippen molar-refractivity contribution in [3.63, 3.8) is 0 Å². The molecule has 1 aromatic carbocycles. The molecule has 1 fully saturated rings. The lowest BCUT2D eigenvalue weighted by Gasteiger charge is -2.30. The standard InChI is InChI=1S/C18H21FN4O2/c1-2-8-20-16(24)12-23-9-4-6-14(11-23)18-21-17(22-25-18)13-5-3-7-15(19)10-13/h2-3,5,7,10,14H,1,4,6,8-9,11-12H2,(H,20,24). The fraction of sp³-hybridized carbons (Fsp3) is 0.389. The summed E-state index contributed by atoms with van der Waals surface area (Å²) in [6, 6.07) is 6.12. The molecule has 132 valence electrons. The third-order valence-electron chi connectivity index (χ3n) is 4.19. The molecule has 0 bridgehead atoms. The van der Waals surface area contributed by atoms with Crippen molar-refractivity contribution in [2.24, 2.45) is 0 Å². The van der Waals surface area contributed by atoms with Gasteiger partial charge in [-0.05, 0) is 31.5 Å². The topological polar surface area (TPSA) is 71.3 Å². The second kappa shape index (κ2) is 8.02. The summed E-state index contributed by atoms with van der Waals surface area (Å²) in [4.78, 5) is 18.4. The van der Waals surface area contributed by atoms with Gasteiger partial charge in [0.2, 0.25) is 17.6 Å². The predicted molar refractivity (Wildman–Crippen MR) is 91.3 cm³/mol. The first-order chi connectivity index (χ1) is 12.2. The average Bonchev–Trinajstić information content (AvgIpc) is 3.10. The van der Waals surface area contributed by atoms with Crippen molar-refractivity contribution in [1.82, 2.24) is 20.4 Å². The first-order valence-electron chi connectivity index (χ1n) is 8.35. The van der Waals surface area contributed by atoms with Crippen molar-refractivity contribution in [2.75, 3.05) is 26.2 Å². The Morgan fingerprint density at radius 1 is 1.52 bits per heavy atom. The van der Waals surface area contributed by atoms with Crippen LogP contribution in [0.3, 0.4) is 0 Å². The molecule has 1 N–H and O–H groups in total. The lowest BCUT2D eigenvalue weighted by atomic mass is 9.98. The molecule has 0 spiro atoms. The van der Waals surface area contributed by atoms with Crippen LogP contribution < -0.4 is 5.32 Å². The molecule has 0 aliphatic carbocycles. The molecule has 1 unspecified atom stereocenters. The van der Waals surface area contributed by atoms with E-state index >= 15 is 0 Å². The lowest BCUT2D eigenvalue weighted by Crippen LogP contribution is -2.42. The molecule has 7 heteroatoms. The van der Waals surface area contributed by atoms with Crippen LogP contribution in [-0.2, 0) is 4.79 Å². The predicted octanol–water partition coefficient (Wildman–Crippen LogP) is 2.36. The van der Waals surface area contributed by atoms with Gasteiger partial charge in [-0.3, -0.25) is 9.69 Å². The highest BCUT2D eigenvalue weighted by Crippen LogP contribution is 2.27. The number of nitrogens with zero attached hydrogens (tertiary/aromatic N) is 3. The fourth-order valence-electron chi connectivity index (χ4n) is 2.99. The molecule has 1 aliphatic rings. The SMILES string of the molecule is C=CCNC(=O)CN1CCCC(c2nc(-c3cccc(F)c3)no2)C1. The summed E-state index contributed by atoms with van der Waals surface area (Å²) >= 11 is 0. The van der Waals surface area contributed by atoms with E-state index < -0.39 is 0 Å². The highest BCUT2D eigenvalue weighted by molar-refractivity contribution is 5.78. The van der Waals surface area contributed by atoms with Gasteiger partial charge in [-0.25, -0.2) is 4.39 Å². The van der Waals surface area contributed by atoms with Crippen molar-refractivity contribution in [1.29, 1.82) is 0 Å². The van der Waals surface area contributed by atoms with Gasteiger partial charge >= 0.3 is 0 Å². The molecular formula is C18H21FN4O2. The smallest absolute Gasteiger partial charge is 0.234 e. The number of likely N-dealkylation sites (tertiary alicyclic amines) is 1. The Kier molecular flexibility index (Phi) is 5.55. The summed E-state index contributed by atoms with van der Waals surface area (Å²) in [7, 11) is 0. The van der Waals surface area contributed by atoms with Gasteiger partial charge < -0.3 is 9.84 Å². The molecule has 1 aliphatic heterocycles. The molecule has 1 aromatic heterocycles.